The zero-order chi connectivity index (χ0) is 27.9. The number of rotatable bonds is 4. The van der Waals surface area contributed by atoms with E-state index in [1.807, 2.05) is 32.9 Å². The molecule has 1 saturated carbocycles. The number of carbonyl (C=O) groups is 2. The summed E-state index contributed by atoms with van der Waals surface area (Å²) in [5.41, 5.74) is 2.17. The van der Waals surface area contributed by atoms with Crippen molar-refractivity contribution >= 4 is 50.6 Å². The van der Waals surface area contributed by atoms with Gasteiger partial charge in [-0.3, -0.25) is 10.1 Å². The average Bonchev–Trinajstić information content (AvgIpc) is 3.49. The maximum atomic E-state index is 14.5. The number of carbonyl (C=O) groups excluding carboxylic acids is 2. The van der Waals surface area contributed by atoms with Crippen molar-refractivity contribution in [3.63, 3.8) is 0 Å². The van der Waals surface area contributed by atoms with Gasteiger partial charge in [0.25, 0.3) is 5.91 Å². The summed E-state index contributed by atoms with van der Waals surface area (Å²) in [4.78, 5) is 34.6. The van der Waals surface area contributed by atoms with Crippen molar-refractivity contribution in [1.29, 1.82) is 0 Å². The van der Waals surface area contributed by atoms with Crippen molar-refractivity contribution < 1.29 is 18.7 Å². The number of nitrogens with zero attached hydrogens (tertiary/aromatic N) is 4. The Bertz CT molecular complexity index is 1380. The highest BCUT2D eigenvalue weighted by atomic mass is 79.9. The second kappa shape index (κ2) is 10.8. The molecule has 1 aliphatic heterocycles. The first kappa shape index (κ1) is 27.4. The van der Waals surface area contributed by atoms with Gasteiger partial charge in [-0.1, -0.05) is 18.9 Å². The fourth-order valence-electron chi connectivity index (χ4n) is 5.59. The van der Waals surface area contributed by atoms with Crippen LogP contribution in [0.25, 0.3) is 11.0 Å². The van der Waals surface area contributed by atoms with Gasteiger partial charge in [0.1, 0.15) is 11.4 Å². The maximum Gasteiger partial charge on any atom is 0.410 e. The number of amides is 2. The van der Waals surface area contributed by atoms with E-state index in [-0.39, 0.29) is 23.7 Å². The van der Waals surface area contributed by atoms with Crippen molar-refractivity contribution in [2.75, 3.05) is 29.9 Å². The molecule has 8 nitrogen and oxygen atoms in total. The molecule has 5 rings (SSSR count). The molecule has 2 amide bonds. The fraction of sp³-hybridized carbons (Fsp3) is 0.483. The van der Waals surface area contributed by atoms with Crippen molar-refractivity contribution in [2.24, 2.45) is 0 Å². The van der Waals surface area contributed by atoms with Crippen LogP contribution < -0.4 is 10.2 Å². The number of fused-ring (bicyclic) bond motifs is 1. The normalized spacial score (nSPS) is 18.6. The standard InChI is InChI=1S/C29H35BrFN5O3/c1-18-17-34(28(38)39-29(2,3)4)14-15-35(18)20-12-13-23-24(16-20)36(19-8-5-6-9-19)27(32-23)33-26(37)25-21(30)10-7-11-22(25)31/h7,10-13,16,18-19H,5-6,8-9,14-15,17H2,1-4H3,(H,32,33,37). The van der Waals surface area contributed by atoms with E-state index >= 15 is 0 Å². The van der Waals surface area contributed by atoms with Gasteiger partial charge in [0.05, 0.1) is 16.6 Å². The Balaban J connectivity index is 1.43. The highest BCUT2D eigenvalue weighted by molar-refractivity contribution is 9.10. The lowest BCUT2D eigenvalue weighted by atomic mass is 10.1. The Hall–Kier alpha value is -3.14. The second-order valence-electron chi connectivity index (χ2n) is 11.4. The molecule has 0 radical (unpaired) electrons. The van der Waals surface area contributed by atoms with E-state index < -0.39 is 17.3 Å². The van der Waals surface area contributed by atoms with Crippen molar-refractivity contribution in [3.05, 3.63) is 52.3 Å². The lowest BCUT2D eigenvalue weighted by Crippen LogP contribution is -2.54. The van der Waals surface area contributed by atoms with Gasteiger partial charge >= 0.3 is 6.09 Å². The summed E-state index contributed by atoms with van der Waals surface area (Å²) in [6.07, 6.45) is 3.92. The summed E-state index contributed by atoms with van der Waals surface area (Å²) in [5, 5.41) is 2.89. The maximum absolute atomic E-state index is 14.5. The molecule has 0 bridgehead atoms. The number of aromatic nitrogens is 2. The predicted octanol–water partition coefficient (Wildman–Crippen LogP) is 6.75. The Morgan fingerprint density at radius 2 is 1.87 bits per heavy atom. The number of hydrogen-bond donors (Lipinski definition) is 1. The molecule has 2 aromatic carbocycles. The van der Waals surface area contributed by atoms with Crippen LogP contribution in [0, 0.1) is 5.82 Å². The zero-order valence-corrected chi connectivity index (χ0v) is 24.4. The number of ether oxygens (including phenoxy) is 1. The third kappa shape index (κ3) is 5.76. The summed E-state index contributed by atoms with van der Waals surface area (Å²) in [5.74, 6) is -0.703. The summed E-state index contributed by atoms with van der Waals surface area (Å²) in [6, 6.07) is 10.9. The largest absolute Gasteiger partial charge is 0.444 e. The lowest BCUT2D eigenvalue weighted by molar-refractivity contribution is 0.0218. The Morgan fingerprint density at radius 3 is 2.54 bits per heavy atom. The molecule has 2 heterocycles. The smallest absolute Gasteiger partial charge is 0.410 e. The third-order valence-electron chi connectivity index (χ3n) is 7.39. The van der Waals surface area contributed by atoms with Crippen LogP contribution in [-0.4, -0.2) is 57.7 Å². The van der Waals surface area contributed by atoms with E-state index in [2.05, 4.69) is 43.7 Å². The Labute approximate surface area is 236 Å². The van der Waals surface area contributed by atoms with Crippen LogP contribution in [0.3, 0.4) is 0 Å². The number of piperazine rings is 1. The van der Waals surface area contributed by atoms with Gasteiger partial charge in [0.15, 0.2) is 0 Å². The third-order valence-corrected chi connectivity index (χ3v) is 8.05. The van der Waals surface area contributed by atoms with Gasteiger partial charge in [0.2, 0.25) is 5.95 Å². The van der Waals surface area contributed by atoms with E-state index in [1.54, 1.807) is 17.0 Å². The minimum atomic E-state index is -0.591. The highest BCUT2D eigenvalue weighted by Gasteiger charge is 2.31. The van der Waals surface area contributed by atoms with E-state index in [0.29, 0.717) is 30.1 Å². The predicted molar refractivity (Wildman–Crippen MR) is 154 cm³/mol. The number of hydrogen-bond acceptors (Lipinski definition) is 5. The molecule has 3 aromatic rings. The average molecular weight is 601 g/mol. The fourth-order valence-corrected chi connectivity index (χ4v) is 6.11. The molecule has 2 fully saturated rings. The Kier molecular flexibility index (Phi) is 7.59. The minimum Gasteiger partial charge on any atom is -0.444 e. The van der Waals surface area contributed by atoms with Gasteiger partial charge < -0.3 is 19.1 Å². The molecule has 1 unspecified atom stereocenters. The van der Waals surface area contributed by atoms with E-state index in [9.17, 15) is 14.0 Å². The van der Waals surface area contributed by atoms with Gasteiger partial charge in [0, 0.05) is 41.9 Å². The number of nitrogens with one attached hydrogen (secondary N) is 1. The molecule has 1 aliphatic carbocycles. The van der Waals surface area contributed by atoms with E-state index in [0.717, 1.165) is 42.4 Å². The van der Waals surface area contributed by atoms with Crippen LogP contribution in [0.15, 0.2) is 40.9 Å². The number of anilines is 2. The van der Waals surface area contributed by atoms with Crippen LogP contribution in [0.5, 0.6) is 0 Å². The first-order valence-corrected chi connectivity index (χ1v) is 14.3. The molecule has 208 valence electrons. The first-order chi connectivity index (χ1) is 18.5. The van der Waals surface area contributed by atoms with Crippen molar-refractivity contribution in [1.82, 2.24) is 14.5 Å². The summed E-state index contributed by atoms with van der Waals surface area (Å²) >= 11 is 3.30. The van der Waals surface area contributed by atoms with Gasteiger partial charge in [-0.05, 0) is 86.8 Å². The molecule has 2 aliphatic rings. The molecule has 39 heavy (non-hydrogen) atoms. The summed E-state index contributed by atoms with van der Waals surface area (Å²) in [6.45, 7) is 9.53. The van der Waals surface area contributed by atoms with Gasteiger partial charge in [-0.15, -0.1) is 0 Å². The number of imidazole rings is 1. The van der Waals surface area contributed by atoms with Crippen LogP contribution in [-0.2, 0) is 4.74 Å². The SMILES string of the molecule is CC1CN(C(=O)OC(C)(C)C)CCN1c1ccc2nc(NC(=O)c3c(F)cccc3Br)n(C3CCCC3)c2c1. The molecule has 0 spiro atoms. The molecule has 1 atom stereocenters. The Morgan fingerprint density at radius 1 is 1.13 bits per heavy atom. The van der Waals surface area contributed by atoms with Crippen LogP contribution in [0.1, 0.15) is 69.8 Å². The van der Waals surface area contributed by atoms with E-state index in [1.165, 1.54) is 6.07 Å². The monoisotopic (exact) mass is 599 g/mol. The second-order valence-corrected chi connectivity index (χ2v) is 12.3. The molecule has 1 aromatic heterocycles. The zero-order valence-electron chi connectivity index (χ0n) is 22.8. The van der Waals surface area contributed by atoms with E-state index in [4.69, 9.17) is 9.72 Å². The molecule has 1 saturated heterocycles. The molecular weight excluding hydrogens is 565 g/mol. The minimum absolute atomic E-state index is 0.0418. The van der Waals surface area contributed by atoms with Gasteiger partial charge in [-0.2, -0.15) is 0 Å². The van der Waals surface area contributed by atoms with Gasteiger partial charge in [-0.25, -0.2) is 14.2 Å². The quantitative estimate of drug-likeness (QED) is 0.359. The summed E-state index contributed by atoms with van der Waals surface area (Å²) < 4.78 is 22.6. The van der Waals surface area contributed by atoms with Crippen molar-refractivity contribution in [3.8, 4) is 0 Å². The van der Waals surface area contributed by atoms with Crippen molar-refractivity contribution in [2.45, 2.75) is 71.1 Å². The number of halogens is 2. The first-order valence-electron chi connectivity index (χ1n) is 13.5. The highest BCUT2D eigenvalue weighted by Crippen LogP contribution is 2.37. The van der Waals surface area contributed by atoms with Crippen LogP contribution in [0.4, 0.5) is 20.8 Å². The summed E-state index contributed by atoms with van der Waals surface area (Å²) in [7, 11) is 0. The number of benzene rings is 2. The topological polar surface area (TPSA) is 79.7 Å². The lowest BCUT2D eigenvalue weighted by Gasteiger charge is -2.41. The molecule has 1 N–H and O–H groups in total. The molecular formula is C29H35BrFN5O3. The van der Waals surface area contributed by atoms with Crippen LogP contribution in [0.2, 0.25) is 0 Å². The van der Waals surface area contributed by atoms with Crippen LogP contribution >= 0.6 is 15.9 Å². The molecule has 10 heteroatoms.